The minimum atomic E-state index is 0.528. The maximum Gasteiger partial charge on any atom is 0.147 e. The van der Waals surface area contributed by atoms with E-state index in [-0.39, 0.29) is 0 Å². The van der Waals surface area contributed by atoms with Crippen LogP contribution < -0.4 is 10.2 Å². The van der Waals surface area contributed by atoms with Gasteiger partial charge < -0.3 is 10.2 Å². The summed E-state index contributed by atoms with van der Waals surface area (Å²) in [4.78, 5) is 14.4. The van der Waals surface area contributed by atoms with E-state index in [0.717, 1.165) is 43.2 Å². The Kier molecular flexibility index (Phi) is 3.55. The van der Waals surface area contributed by atoms with E-state index in [1.165, 1.54) is 32.2 Å². The fourth-order valence-corrected chi connectivity index (χ4v) is 3.66. The number of nitrogens with zero attached hydrogens (tertiary/aromatic N) is 4. The quantitative estimate of drug-likeness (QED) is 0.907. The van der Waals surface area contributed by atoms with Crippen molar-refractivity contribution in [3.05, 3.63) is 18.1 Å². The molecule has 2 unspecified atom stereocenters. The Morgan fingerprint density at radius 1 is 1.24 bits per heavy atom. The van der Waals surface area contributed by atoms with E-state index in [1.54, 1.807) is 0 Å². The molecule has 2 saturated heterocycles. The van der Waals surface area contributed by atoms with E-state index in [9.17, 15) is 0 Å². The minimum Gasteiger partial charge on any atom is -0.350 e. The van der Waals surface area contributed by atoms with Crippen LogP contribution >= 0.6 is 0 Å². The van der Waals surface area contributed by atoms with Gasteiger partial charge in [0.1, 0.15) is 5.82 Å². The molecule has 1 N–H and O–H groups in total. The van der Waals surface area contributed by atoms with Crippen molar-refractivity contribution in [2.24, 2.45) is 0 Å². The zero-order valence-corrected chi connectivity index (χ0v) is 12.8. The predicted molar refractivity (Wildman–Crippen MR) is 83.3 cm³/mol. The van der Waals surface area contributed by atoms with Gasteiger partial charge >= 0.3 is 0 Å². The molecule has 21 heavy (non-hydrogen) atoms. The molecule has 1 saturated carbocycles. The Balaban J connectivity index is 1.47. The zero-order chi connectivity index (χ0) is 14.2. The normalized spacial score (nSPS) is 29.7. The first kappa shape index (κ1) is 13.5. The van der Waals surface area contributed by atoms with Gasteiger partial charge in [0.25, 0.3) is 0 Å². The van der Waals surface area contributed by atoms with Crippen LogP contribution in [-0.4, -0.2) is 52.6 Å². The van der Waals surface area contributed by atoms with Crippen LogP contribution in [0.3, 0.4) is 0 Å². The maximum absolute atomic E-state index is 4.84. The molecule has 0 radical (unpaired) electrons. The summed E-state index contributed by atoms with van der Waals surface area (Å²) in [6.07, 6.45) is 9.14. The van der Waals surface area contributed by atoms with Crippen LogP contribution in [0.25, 0.3) is 0 Å². The van der Waals surface area contributed by atoms with Crippen LogP contribution in [0.5, 0.6) is 0 Å². The van der Waals surface area contributed by atoms with Crippen molar-refractivity contribution < 1.29 is 0 Å². The lowest BCUT2D eigenvalue weighted by atomic mass is 10.1. The van der Waals surface area contributed by atoms with Crippen molar-refractivity contribution in [1.29, 1.82) is 0 Å². The molecule has 1 aromatic heterocycles. The van der Waals surface area contributed by atoms with Gasteiger partial charge in [0.15, 0.2) is 0 Å². The van der Waals surface area contributed by atoms with Crippen LogP contribution in [0.4, 0.5) is 5.82 Å². The van der Waals surface area contributed by atoms with Crippen LogP contribution in [-0.2, 0) is 6.54 Å². The molecule has 0 spiro atoms. The number of aromatic nitrogens is 2. The zero-order valence-electron chi connectivity index (χ0n) is 12.8. The average Bonchev–Trinajstić information content (AvgIpc) is 3.22. The van der Waals surface area contributed by atoms with Gasteiger partial charge in [-0.1, -0.05) is 0 Å². The van der Waals surface area contributed by atoms with Crippen molar-refractivity contribution in [3.8, 4) is 0 Å². The second-order valence-electron chi connectivity index (χ2n) is 6.82. The van der Waals surface area contributed by atoms with Crippen LogP contribution in [0, 0.1) is 0 Å². The summed E-state index contributed by atoms with van der Waals surface area (Å²) < 4.78 is 0. The van der Waals surface area contributed by atoms with Gasteiger partial charge in [-0.25, -0.2) is 4.98 Å². The average molecular weight is 287 g/mol. The van der Waals surface area contributed by atoms with Gasteiger partial charge in [0.2, 0.25) is 0 Å². The molecule has 3 heterocycles. The first-order valence-electron chi connectivity index (χ1n) is 8.34. The molecule has 0 aromatic carbocycles. The van der Waals surface area contributed by atoms with Gasteiger partial charge in [-0.2, -0.15) is 0 Å². The third kappa shape index (κ3) is 2.90. The summed E-state index contributed by atoms with van der Waals surface area (Å²) in [5.74, 6) is 1.06. The molecule has 114 valence electrons. The molecule has 2 atom stereocenters. The highest BCUT2D eigenvalue weighted by Gasteiger charge is 2.35. The third-order valence-electron chi connectivity index (χ3n) is 5.05. The lowest BCUT2D eigenvalue weighted by molar-refractivity contribution is 0.202. The van der Waals surface area contributed by atoms with E-state index in [1.807, 2.05) is 12.4 Å². The molecule has 4 rings (SSSR count). The number of nitrogens with one attached hydrogen (secondary N) is 1. The van der Waals surface area contributed by atoms with Crippen molar-refractivity contribution in [1.82, 2.24) is 20.2 Å². The summed E-state index contributed by atoms with van der Waals surface area (Å²) in [6, 6.07) is 1.97. The van der Waals surface area contributed by atoms with Gasteiger partial charge in [-0.15, -0.1) is 0 Å². The number of piperazine rings is 1. The summed E-state index contributed by atoms with van der Waals surface area (Å²) in [5.41, 5.74) is 1.07. The van der Waals surface area contributed by atoms with Crippen LogP contribution in [0.2, 0.25) is 0 Å². The van der Waals surface area contributed by atoms with Crippen LogP contribution in [0.1, 0.15) is 38.3 Å². The lowest BCUT2D eigenvalue weighted by Gasteiger charge is -2.42. The molecule has 1 aliphatic carbocycles. The molecular weight excluding hydrogens is 262 g/mol. The summed E-state index contributed by atoms with van der Waals surface area (Å²) in [6.45, 7) is 6.71. The Morgan fingerprint density at radius 2 is 2.14 bits per heavy atom. The maximum atomic E-state index is 4.84. The fraction of sp³-hybridized carbons (Fsp3) is 0.750. The highest BCUT2D eigenvalue weighted by molar-refractivity contribution is 5.39. The molecular formula is C16H25N5. The van der Waals surface area contributed by atoms with Crippen LogP contribution in [0.15, 0.2) is 12.4 Å². The Hall–Kier alpha value is -1.20. The van der Waals surface area contributed by atoms with Crippen molar-refractivity contribution in [2.75, 3.05) is 24.5 Å². The van der Waals surface area contributed by atoms with Gasteiger partial charge in [-0.05, 0) is 39.2 Å². The predicted octanol–water partition coefficient (Wildman–Crippen LogP) is 1.40. The van der Waals surface area contributed by atoms with Gasteiger partial charge in [-0.3, -0.25) is 9.88 Å². The number of rotatable bonds is 4. The molecule has 5 nitrogen and oxygen atoms in total. The molecule has 1 aromatic rings. The molecule has 3 fully saturated rings. The lowest BCUT2D eigenvalue weighted by Crippen LogP contribution is -2.55. The second kappa shape index (κ2) is 5.54. The first-order valence-corrected chi connectivity index (χ1v) is 8.34. The molecule has 2 aliphatic heterocycles. The van der Waals surface area contributed by atoms with E-state index in [4.69, 9.17) is 4.98 Å². The van der Waals surface area contributed by atoms with E-state index in [0.29, 0.717) is 6.04 Å². The highest BCUT2D eigenvalue weighted by Crippen LogP contribution is 2.27. The Bertz CT molecular complexity index is 501. The Morgan fingerprint density at radius 3 is 3.00 bits per heavy atom. The highest BCUT2D eigenvalue weighted by atomic mass is 15.3. The molecule has 5 heteroatoms. The van der Waals surface area contributed by atoms with Gasteiger partial charge in [0, 0.05) is 44.0 Å². The summed E-state index contributed by atoms with van der Waals surface area (Å²) in [5, 5.41) is 3.52. The monoisotopic (exact) mass is 287 g/mol. The SMILES string of the molecule is CC1CN2CCCC2CN1c1cncc(CNC2CC2)n1. The largest absolute Gasteiger partial charge is 0.350 e. The number of fused-ring (bicyclic) bond motifs is 1. The third-order valence-corrected chi connectivity index (χ3v) is 5.05. The van der Waals surface area contributed by atoms with E-state index >= 15 is 0 Å². The van der Waals surface area contributed by atoms with Gasteiger partial charge in [0.05, 0.1) is 11.9 Å². The minimum absolute atomic E-state index is 0.528. The second-order valence-corrected chi connectivity index (χ2v) is 6.82. The first-order chi connectivity index (χ1) is 10.3. The molecule has 3 aliphatic rings. The van der Waals surface area contributed by atoms with Crippen molar-refractivity contribution in [3.63, 3.8) is 0 Å². The Labute approximate surface area is 126 Å². The number of hydrogen-bond donors (Lipinski definition) is 1. The topological polar surface area (TPSA) is 44.3 Å². The van der Waals surface area contributed by atoms with Crippen molar-refractivity contribution >= 4 is 5.82 Å². The number of hydrogen-bond acceptors (Lipinski definition) is 5. The smallest absolute Gasteiger partial charge is 0.147 e. The standard InChI is InChI=1S/C16H25N5/c1-12-10-20-6-2-3-15(20)11-21(12)16-9-17-7-14(19-16)8-18-13-4-5-13/h7,9,12-13,15,18H,2-6,8,10-11H2,1H3. The summed E-state index contributed by atoms with van der Waals surface area (Å²) >= 11 is 0. The fourth-order valence-electron chi connectivity index (χ4n) is 3.66. The number of anilines is 1. The van der Waals surface area contributed by atoms with Crippen molar-refractivity contribution in [2.45, 2.75) is 57.3 Å². The van der Waals surface area contributed by atoms with E-state index < -0.39 is 0 Å². The molecule has 0 amide bonds. The summed E-state index contributed by atoms with van der Waals surface area (Å²) in [7, 11) is 0. The molecule has 0 bridgehead atoms. The van der Waals surface area contributed by atoms with E-state index in [2.05, 4.69) is 27.0 Å².